The Morgan fingerprint density at radius 1 is 1.04 bits per heavy atom. The first-order valence-electron chi connectivity index (χ1n) is 6.62. The van der Waals surface area contributed by atoms with Crippen LogP contribution in [0.4, 0.5) is 26.3 Å². The first-order chi connectivity index (χ1) is 10.4. The maximum atomic E-state index is 13.0. The van der Waals surface area contributed by atoms with Crippen LogP contribution in [0, 0.1) is 17.8 Å². The highest BCUT2D eigenvalue weighted by Gasteiger charge is 2.74. The van der Waals surface area contributed by atoms with E-state index in [1.807, 2.05) is 0 Å². The minimum absolute atomic E-state index is 0.0805. The van der Waals surface area contributed by atoms with E-state index in [1.54, 1.807) is 12.2 Å². The normalized spacial score (nSPS) is 27.3. The fourth-order valence-corrected chi connectivity index (χ4v) is 3.02. The molecule has 10 heteroatoms. The first kappa shape index (κ1) is 17.6. The highest BCUT2D eigenvalue weighted by atomic mass is 19.4. The molecular formula is C13H11F6O4-. The molecule has 0 amide bonds. The molecule has 0 N–H and O–H groups in total. The summed E-state index contributed by atoms with van der Waals surface area (Å²) < 4.78 is 81.6. The van der Waals surface area contributed by atoms with E-state index < -0.39 is 48.1 Å². The van der Waals surface area contributed by atoms with Crippen LogP contribution in [0.2, 0.25) is 0 Å². The second-order valence-electron chi connectivity index (χ2n) is 5.68. The van der Waals surface area contributed by atoms with Gasteiger partial charge in [0.05, 0.1) is 5.92 Å². The van der Waals surface area contributed by atoms with Gasteiger partial charge in [-0.05, 0) is 24.7 Å². The number of alkyl halides is 6. The van der Waals surface area contributed by atoms with Crippen molar-refractivity contribution in [3.8, 4) is 0 Å². The Bertz CT molecular complexity index is 522. The minimum atomic E-state index is -6.14. The molecule has 2 aliphatic rings. The molecule has 130 valence electrons. The van der Waals surface area contributed by atoms with Crippen molar-refractivity contribution in [2.75, 3.05) is 0 Å². The average Bonchev–Trinajstić information content (AvgIpc) is 2.96. The topological polar surface area (TPSA) is 66.4 Å². The molecule has 0 spiro atoms. The molecule has 2 rings (SSSR count). The Kier molecular flexibility index (Phi) is 4.15. The molecule has 4 nitrogen and oxygen atoms in total. The molecule has 0 radical (unpaired) electrons. The van der Waals surface area contributed by atoms with Crippen LogP contribution in [0.25, 0.3) is 0 Å². The number of carboxylic acids is 1. The number of rotatable bonds is 4. The third-order valence-electron chi connectivity index (χ3n) is 4.17. The molecule has 3 unspecified atom stereocenters. The molecule has 23 heavy (non-hydrogen) atoms. The molecule has 1 fully saturated rings. The summed E-state index contributed by atoms with van der Waals surface area (Å²) in [6.07, 6.45) is -11.0. The molecule has 2 bridgehead atoms. The van der Waals surface area contributed by atoms with Gasteiger partial charge in [0.15, 0.2) is 0 Å². The smallest absolute Gasteiger partial charge is 0.437 e. The van der Waals surface area contributed by atoms with Crippen molar-refractivity contribution in [2.45, 2.75) is 37.2 Å². The van der Waals surface area contributed by atoms with Crippen LogP contribution in [0.1, 0.15) is 19.3 Å². The van der Waals surface area contributed by atoms with E-state index in [4.69, 9.17) is 0 Å². The maximum Gasteiger partial charge on any atom is 0.437 e. The Morgan fingerprint density at radius 2 is 1.61 bits per heavy atom. The largest absolute Gasteiger partial charge is 0.550 e. The fraction of sp³-hybridized carbons (Fsp3) is 0.692. The highest BCUT2D eigenvalue weighted by molar-refractivity contribution is 5.76. The second kappa shape index (κ2) is 5.41. The molecule has 0 aromatic carbocycles. The number of carbonyl (C=O) groups is 2. The van der Waals surface area contributed by atoms with E-state index in [0.29, 0.717) is 6.42 Å². The Balaban J connectivity index is 2.32. The average molecular weight is 345 g/mol. The molecule has 3 atom stereocenters. The molecule has 1 saturated carbocycles. The number of ether oxygens (including phenoxy) is 1. The number of hydrogen-bond acceptors (Lipinski definition) is 4. The van der Waals surface area contributed by atoms with Gasteiger partial charge in [0, 0.05) is 12.4 Å². The summed E-state index contributed by atoms with van der Waals surface area (Å²) in [6.45, 7) is 0. The molecule has 0 saturated heterocycles. The van der Waals surface area contributed by atoms with E-state index in [-0.39, 0.29) is 12.3 Å². The molecule has 2 aliphatic carbocycles. The van der Waals surface area contributed by atoms with Gasteiger partial charge >= 0.3 is 23.9 Å². The predicted octanol–water partition coefficient (Wildman–Crippen LogP) is 1.75. The van der Waals surface area contributed by atoms with Crippen molar-refractivity contribution in [3.05, 3.63) is 12.2 Å². The number of halogens is 6. The SMILES string of the molecule is O=C([O-])CC(OC(=O)C1CC2C=CC1C2)(C(F)(F)F)C(F)(F)F. The molecule has 0 aromatic rings. The standard InChI is InChI=1S/C13H12F6O4/c14-12(15,16)11(5-9(20)21,13(17,18)19)23-10(22)8-4-6-1-2-7(8)3-6/h1-2,6-8H,3-5H2,(H,20,21)/p-1. The van der Waals surface area contributed by atoms with Gasteiger partial charge in [-0.2, -0.15) is 26.3 Å². The van der Waals surface area contributed by atoms with Crippen LogP contribution < -0.4 is 5.11 Å². The van der Waals surface area contributed by atoms with Crippen LogP contribution in [0.3, 0.4) is 0 Å². The van der Waals surface area contributed by atoms with Gasteiger partial charge in [0.2, 0.25) is 0 Å². The lowest BCUT2D eigenvalue weighted by Crippen LogP contribution is -2.62. The molecular weight excluding hydrogens is 334 g/mol. The van der Waals surface area contributed by atoms with Gasteiger partial charge in [-0.25, -0.2) is 0 Å². The van der Waals surface area contributed by atoms with Crippen LogP contribution in [0.15, 0.2) is 12.2 Å². The van der Waals surface area contributed by atoms with E-state index in [2.05, 4.69) is 4.74 Å². The minimum Gasteiger partial charge on any atom is -0.550 e. The van der Waals surface area contributed by atoms with Crippen molar-refractivity contribution in [3.63, 3.8) is 0 Å². The van der Waals surface area contributed by atoms with Gasteiger partial charge < -0.3 is 14.6 Å². The summed E-state index contributed by atoms with van der Waals surface area (Å²) in [7, 11) is 0. The summed E-state index contributed by atoms with van der Waals surface area (Å²) in [5, 5.41) is 10.4. The van der Waals surface area contributed by atoms with Crippen LogP contribution in [-0.4, -0.2) is 29.9 Å². The number of carbonyl (C=O) groups excluding carboxylic acids is 2. The Hall–Kier alpha value is -1.74. The second-order valence-corrected chi connectivity index (χ2v) is 5.68. The number of aliphatic carboxylic acids is 1. The van der Waals surface area contributed by atoms with Gasteiger partial charge in [-0.1, -0.05) is 12.2 Å². The van der Waals surface area contributed by atoms with Crippen molar-refractivity contribution < 1.29 is 45.8 Å². The zero-order chi connectivity index (χ0) is 17.6. The van der Waals surface area contributed by atoms with Crippen molar-refractivity contribution in [2.24, 2.45) is 17.8 Å². The predicted molar refractivity (Wildman–Crippen MR) is 59.4 cm³/mol. The zero-order valence-electron chi connectivity index (χ0n) is 11.4. The lowest BCUT2D eigenvalue weighted by atomic mass is 9.92. The van der Waals surface area contributed by atoms with E-state index in [1.165, 1.54) is 0 Å². The third kappa shape index (κ3) is 3.02. The van der Waals surface area contributed by atoms with Gasteiger partial charge in [0.1, 0.15) is 0 Å². The van der Waals surface area contributed by atoms with Crippen molar-refractivity contribution in [1.82, 2.24) is 0 Å². The summed E-state index contributed by atoms with van der Waals surface area (Å²) in [5.74, 6) is -6.05. The summed E-state index contributed by atoms with van der Waals surface area (Å²) >= 11 is 0. The van der Waals surface area contributed by atoms with Crippen LogP contribution in [0.5, 0.6) is 0 Å². The van der Waals surface area contributed by atoms with Crippen LogP contribution >= 0.6 is 0 Å². The Morgan fingerprint density at radius 3 is 1.96 bits per heavy atom. The number of carboxylic acid groups (broad SMARTS) is 1. The molecule has 0 heterocycles. The van der Waals surface area contributed by atoms with E-state index >= 15 is 0 Å². The quantitative estimate of drug-likeness (QED) is 0.442. The number of esters is 1. The lowest BCUT2D eigenvalue weighted by Gasteiger charge is -2.37. The zero-order valence-corrected chi connectivity index (χ0v) is 11.4. The maximum absolute atomic E-state index is 13.0. The monoisotopic (exact) mass is 345 g/mol. The highest BCUT2D eigenvalue weighted by Crippen LogP contribution is 2.50. The van der Waals surface area contributed by atoms with E-state index in [0.717, 1.165) is 0 Å². The molecule has 0 aromatic heterocycles. The van der Waals surface area contributed by atoms with Crippen molar-refractivity contribution >= 4 is 11.9 Å². The Labute approximate surface area is 126 Å². The van der Waals surface area contributed by atoms with Crippen molar-refractivity contribution in [1.29, 1.82) is 0 Å². The van der Waals surface area contributed by atoms with E-state index in [9.17, 15) is 41.0 Å². The van der Waals surface area contributed by atoms with Gasteiger partial charge in [-0.3, -0.25) is 4.79 Å². The van der Waals surface area contributed by atoms with Crippen LogP contribution in [-0.2, 0) is 14.3 Å². The molecule has 0 aliphatic heterocycles. The number of hydrogen-bond donors (Lipinski definition) is 0. The summed E-state index contributed by atoms with van der Waals surface area (Å²) in [6, 6.07) is 0. The summed E-state index contributed by atoms with van der Waals surface area (Å²) in [4.78, 5) is 22.3. The van der Waals surface area contributed by atoms with Gasteiger partial charge in [-0.15, -0.1) is 0 Å². The summed E-state index contributed by atoms with van der Waals surface area (Å²) in [5.41, 5.74) is -5.11. The third-order valence-corrected chi connectivity index (χ3v) is 4.17. The first-order valence-corrected chi connectivity index (χ1v) is 6.62. The fourth-order valence-electron chi connectivity index (χ4n) is 3.02. The number of allylic oxidation sites excluding steroid dienone is 2. The lowest BCUT2D eigenvalue weighted by molar-refractivity contribution is -0.381. The van der Waals surface area contributed by atoms with Gasteiger partial charge in [0.25, 0.3) is 0 Å². The number of fused-ring (bicyclic) bond motifs is 2.